The van der Waals surface area contributed by atoms with Crippen LogP contribution in [0.1, 0.15) is 62.1 Å². The van der Waals surface area contributed by atoms with Gasteiger partial charge in [0.2, 0.25) is 0 Å². The zero-order valence-electron chi connectivity index (χ0n) is 19.6. The lowest BCUT2D eigenvalue weighted by molar-refractivity contribution is 0.241. The van der Waals surface area contributed by atoms with Gasteiger partial charge in [0.05, 0.1) is 0 Å². The fourth-order valence-electron chi connectivity index (χ4n) is 4.79. The SMILES string of the molecule is Br.CCCCCCCC(Cc1ccccc1)C(N)(Cc1ccccc1)Cc1ccccc1. The van der Waals surface area contributed by atoms with Gasteiger partial charge in [0.1, 0.15) is 0 Å². The fourth-order valence-corrected chi connectivity index (χ4v) is 4.79. The molecule has 1 atom stereocenters. The van der Waals surface area contributed by atoms with Gasteiger partial charge in [0, 0.05) is 5.54 Å². The van der Waals surface area contributed by atoms with E-state index in [0.717, 1.165) is 19.3 Å². The number of unbranched alkanes of at least 4 members (excludes halogenated alkanes) is 4. The van der Waals surface area contributed by atoms with Crippen molar-refractivity contribution in [3.8, 4) is 0 Å². The van der Waals surface area contributed by atoms with Crippen molar-refractivity contribution in [1.82, 2.24) is 0 Å². The molecule has 0 radical (unpaired) electrons. The summed E-state index contributed by atoms with van der Waals surface area (Å²) in [5, 5.41) is 0. The van der Waals surface area contributed by atoms with E-state index in [4.69, 9.17) is 5.73 Å². The Bertz CT molecular complexity index is 806. The van der Waals surface area contributed by atoms with Crippen LogP contribution in [-0.2, 0) is 19.3 Å². The minimum atomic E-state index is -0.274. The molecule has 0 spiro atoms. The number of rotatable bonds is 13. The molecular formula is C30H40BrN. The molecule has 0 aliphatic carbocycles. The summed E-state index contributed by atoms with van der Waals surface area (Å²) in [7, 11) is 0. The van der Waals surface area contributed by atoms with Gasteiger partial charge in [-0.25, -0.2) is 0 Å². The van der Waals surface area contributed by atoms with E-state index in [1.165, 1.54) is 55.2 Å². The van der Waals surface area contributed by atoms with Gasteiger partial charge in [0.15, 0.2) is 0 Å². The highest BCUT2D eigenvalue weighted by atomic mass is 79.9. The first-order valence-corrected chi connectivity index (χ1v) is 12.1. The topological polar surface area (TPSA) is 26.0 Å². The van der Waals surface area contributed by atoms with Crippen molar-refractivity contribution in [1.29, 1.82) is 0 Å². The van der Waals surface area contributed by atoms with Gasteiger partial charge in [-0.05, 0) is 48.3 Å². The van der Waals surface area contributed by atoms with Gasteiger partial charge in [-0.15, -0.1) is 17.0 Å². The molecule has 0 heterocycles. The summed E-state index contributed by atoms with van der Waals surface area (Å²) in [6.07, 6.45) is 10.6. The highest BCUT2D eigenvalue weighted by molar-refractivity contribution is 8.93. The third-order valence-electron chi connectivity index (χ3n) is 6.55. The molecule has 2 N–H and O–H groups in total. The number of halogens is 1. The lowest BCUT2D eigenvalue weighted by Crippen LogP contribution is -2.52. The molecule has 3 aromatic carbocycles. The van der Waals surface area contributed by atoms with Crippen molar-refractivity contribution in [3.05, 3.63) is 108 Å². The second-order valence-corrected chi connectivity index (χ2v) is 9.15. The van der Waals surface area contributed by atoms with E-state index in [9.17, 15) is 0 Å². The van der Waals surface area contributed by atoms with Gasteiger partial charge >= 0.3 is 0 Å². The molecule has 0 saturated heterocycles. The molecule has 1 unspecified atom stereocenters. The second-order valence-electron chi connectivity index (χ2n) is 9.15. The summed E-state index contributed by atoms with van der Waals surface area (Å²) < 4.78 is 0. The maximum Gasteiger partial charge on any atom is 0.0267 e. The molecule has 0 aromatic heterocycles. The molecule has 3 aromatic rings. The van der Waals surface area contributed by atoms with E-state index >= 15 is 0 Å². The average Bonchev–Trinajstić information content (AvgIpc) is 2.80. The number of nitrogens with two attached hydrogens (primary N) is 1. The van der Waals surface area contributed by atoms with Gasteiger partial charge in [-0.2, -0.15) is 0 Å². The maximum absolute atomic E-state index is 7.40. The standard InChI is InChI=1S/C30H39N.BrH/c1-2-3-4-5-15-22-29(23-26-16-9-6-10-17-26)30(31,24-27-18-11-7-12-19-27)25-28-20-13-8-14-21-28;/h6-14,16-21,29H,2-5,15,22-25,31H2,1H3;1H. The third kappa shape index (κ3) is 8.56. The Hall–Kier alpha value is -1.90. The lowest BCUT2D eigenvalue weighted by Gasteiger charge is -2.39. The molecule has 2 heteroatoms. The predicted octanol–water partition coefficient (Wildman–Crippen LogP) is 7.97. The Kier molecular flexibility index (Phi) is 11.8. The Morgan fingerprint density at radius 2 is 1.06 bits per heavy atom. The van der Waals surface area contributed by atoms with Crippen LogP contribution >= 0.6 is 17.0 Å². The van der Waals surface area contributed by atoms with Crippen LogP contribution in [0, 0.1) is 5.92 Å². The summed E-state index contributed by atoms with van der Waals surface area (Å²) in [6.45, 7) is 2.28. The Morgan fingerprint density at radius 1 is 0.625 bits per heavy atom. The van der Waals surface area contributed by atoms with Gasteiger partial charge in [-0.1, -0.05) is 130 Å². The minimum absolute atomic E-state index is 0. The maximum atomic E-state index is 7.40. The zero-order chi connectivity index (χ0) is 21.8. The molecule has 0 bridgehead atoms. The van der Waals surface area contributed by atoms with Gasteiger partial charge < -0.3 is 5.73 Å². The van der Waals surface area contributed by atoms with E-state index in [2.05, 4.69) is 97.9 Å². The number of benzene rings is 3. The van der Waals surface area contributed by atoms with Crippen molar-refractivity contribution in [2.75, 3.05) is 0 Å². The second kappa shape index (κ2) is 14.3. The molecule has 0 amide bonds. The fraction of sp³-hybridized carbons (Fsp3) is 0.400. The molecule has 0 aliphatic rings. The first-order chi connectivity index (χ1) is 15.2. The summed E-state index contributed by atoms with van der Waals surface area (Å²) in [5.74, 6) is 0.442. The number of hydrogen-bond donors (Lipinski definition) is 1. The van der Waals surface area contributed by atoms with Crippen LogP contribution in [0.3, 0.4) is 0 Å². The van der Waals surface area contributed by atoms with Crippen LogP contribution < -0.4 is 5.73 Å². The smallest absolute Gasteiger partial charge is 0.0267 e. The van der Waals surface area contributed by atoms with E-state index in [1.807, 2.05) is 0 Å². The van der Waals surface area contributed by atoms with E-state index in [-0.39, 0.29) is 22.5 Å². The van der Waals surface area contributed by atoms with Crippen LogP contribution in [0.4, 0.5) is 0 Å². The van der Waals surface area contributed by atoms with E-state index < -0.39 is 0 Å². The van der Waals surface area contributed by atoms with Crippen LogP contribution in [0.2, 0.25) is 0 Å². The Balaban J connectivity index is 0.00000363. The quantitative estimate of drug-likeness (QED) is 0.240. The Morgan fingerprint density at radius 3 is 1.53 bits per heavy atom. The summed E-state index contributed by atoms with van der Waals surface area (Å²) in [5.41, 5.74) is 11.2. The van der Waals surface area contributed by atoms with Crippen molar-refractivity contribution >= 4 is 17.0 Å². The van der Waals surface area contributed by atoms with Crippen LogP contribution in [-0.4, -0.2) is 5.54 Å². The first kappa shape index (κ1) is 26.4. The molecule has 0 fully saturated rings. The van der Waals surface area contributed by atoms with Crippen molar-refractivity contribution in [2.24, 2.45) is 11.7 Å². The van der Waals surface area contributed by atoms with Crippen molar-refractivity contribution < 1.29 is 0 Å². The highest BCUT2D eigenvalue weighted by Crippen LogP contribution is 2.32. The molecule has 32 heavy (non-hydrogen) atoms. The summed E-state index contributed by atoms with van der Waals surface area (Å²) in [4.78, 5) is 0. The largest absolute Gasteiger partial charge is 0.324 e. The summed E-state index contributed by atoms with van der Waals surface area (Å²) >= 11 is 0. The third-order valence-corrected chi connectivity index (χ3v) is 6.55. The predicted molar refractivity (Wildman–Crippen MR) is 145 cm³/mol. The molecule has 0 aliphatic heterocycles. The molecule has 3 rings (SSSR count). The molecule has 1 nitrogen and oxygen atoms in total. The van der Waals surface area contributed by atoms with E-state index in [0.29, 0.717) is 5.92 Å². The van der Waals surface area contributed by atoms with Crippen LogP contribution in [0.5, 0.6) is 0 Å². The monoisotopic (exact) mass is 493 g/mol. The van der Waals surface area contributed by atoms with Crippen LogP contribution in [0.15, 0.2) is 91.0 Å². The molecule has 0 saturated carbocycles. The zero-order valence-corrected chi connectivity index (χ0v) is 21.3. The lowest BCUT2D eigenvalue weighted by atomic mass is 9.71. The van der Waals surface area contributed by atoms with Gasteiger partial charge in [-0.3, -0.25) is 0 Å². The molecular weight excluding hydrogens is 454 g/mol. The molecule has 172 valence electrons. The van der Waals surface area contributed by atoms with Crippen molar-refractivity contribution in [2.45, 2.75) is 70.3 Å². The van der Waals surface area contributed by atoms with Gasteiger partial charge in [0.25, 0.3) is 0 Å². The summed E-state index contributed by atoms with van der Waals surface area (Å²) in [6, 6.07) is 32.6. The Labute approximate surface area is 206 Å². The highest BCUT2D eigenvalue weighted by Gasteiger charge is 2.35. The minimum Gasteiger partial charge on any atom is -0.324 e. The average molecular weight is 495 g/mol. The van der Waals surface area contributed by atoms with E-state index in [1.54, 1.807) is 0 Å². The van der Waals surface area contributed by atoms with Crippen molar-refractivity contribution in [3.63, 3.8) is 0 Å². The normalized spacial score (nSPS) is 12.2. The first-order valence-electron chi connectivity index (χ1n) is 12.1. The van der Waals surface area contributed by atoms with Crippen LogP contribution in [0.25, 0.3) is 0 Å². The number of hydrogen-bond acceptors (Lipinski definition) is 1.